The van der Waals surface area contributed by atoms with Crippen LogP contribution < -0.4 is 0 Å². The lowest BCUT2D eigenvalue weighted by atomic mass is 9.80. The molecule has 0 amide bonds. The summed E-state index contributed by atoms with van der Waals surface area (Å²) in [5.74, 6) is 1.57. The maximum Gasteiger partial charge on any atom is 0.0277 e. The van der Waals surface area contributed by atoms with Crippen molar-refractivity contribution in [2.75, 3.05) is 5.88 Å². The number of hydrogen-bond acceptors (Lipinski definition) is 0. The monoisotopic (exact) mass is 176 g/mol. The molecule has 0 bridgehead atoms. The average molecular weight is 177 g/mol. The first-order valence-corrected chi connectivity index (χ1v) is 5.13. The van der Waals surface area contributed by atoms with Gasteiger partial charge in [-0.1, -0.05) is 34.1 Å². The molecule has 0 aliphatic heterocycles. The maximum atomic E-state index is 5.93. The van der Waals surface area contributed by atoms with Crippen LogP contribution in [0.25, 0.3) is 0 Å². The van der Waals surface area contributed by atoms with Gasteiger partial charge in [-0.05, 0) is 24.2 Å². The number of alkyl halides is 1. The van der Waals surface area contributed by atoms with Gasteiger partial charge in [-0.3, -0.25) is 0 Å². The van der Waals surface area contributed by atoms with Crippen molar-refractivity contribution in [3.8, 4) is 0 Å². The van der Waals surface area contributed by atoms with E-state index in [0.29, 0.717) is 5.41 Å². The van der Waals surface area contributed by atoms with Crippen molar-refractivity contribution in [3.63, 3.8) is 0 Å². The second-order valence-corrected chi connectivity index (χ2v) is 4.56. The van der Waals surface area contributed by atoms with Crippen molar-refractivity contribution >= 4 is 11.6 Å². The van der Waals surface area contributed by atoms with Crippen molar-refractivity contribution in [2.45, 2.75) is 47.0 Å². The summed E-state index contributed by atoms with van der Waals surface area (Å²) in [5.41, 5.74) is 0.379. The van der Waals surface area contributed by atoms with Crippen LogP contribution in [0.4, 0.5) is 0 Å². The fourth-order valence-corrected chi connectivity index (χ4v) is 2.06. The molecule has 0 aliphatic carbocycles. The summed E-state index contributed by atoms with van der Waals surface area (Å²) in [5, 5.41) is 0. The van der Waals surface area contributed by atoms with Crippen LogP contribution in [0.3, 0.4) is 0 Å². The lowest BCUT2D eigenvalue weighted by molar-refractivity contribution is 0.268. The van der Waals surface area contributed by atoms with E-state index < -0.39 is 0 Å². The van der Waals surface area contributed by atoms with E-state index in [1.54, 1.807) is 0 Å². The van der Waals surface area contributed by atoms with Crippen molar-refractivity contribution < 1.29 is 0 Å². The van der Waals surface area contributed by atoms with Crippen molar-refractivity contribution in [2.24, 2.45) is 11.3 Å². The van der Waals surface area contributed by atoms with E-state index in [1.165, 1.54) is 19.3 Å². The second kappa shape index (κ2) is 5.03. The highest BCUT2D eigenvalue weighted by atomic mass is 35.5. The molecular weight excluding hydrogens is 156 g/mol. The summed E-state index contributed by atoms with van der Waals surface area (Å²) in [7, 11) is 0. The Bertz CT molecular complexity index is 99.0. The first kappa shape index (κ1) is 11.3. The van der Waals surface area contributed by atoms with Crippen LogP contribution in [0.1, 0.15) is 47.0 Å². The molecule has 0 rings (SSSR count). The van der Waals surface area contributed by atoms with Crippen molar-refractivity contribution in [1.82, 2.24) is 0 Å². The van der Waals surface area contributed by atoms with Crippen LogP contribution in [-0.4, -0.2) is 5.88 Å². The smallest absolute Gasteiger partial charge is 0.0277 e. The van der Waals surface area contributed by atoms with Crippen molar-refractivity contribution in [1.29, 1.82) is 0 Å². The molecule has 0 heterocycles. The van der Waals surface area contributed by atoms with Crippen molar-refractivity contribution in [3.05, 3.63) is 0 Å². The molecule has 0 aliphatic rings. The average Bonchev–Trinajstić information content (AvgIpc) is 1.87. The van der Waals surface area contributed by atoms with Gasteiger partial charge in [0.25, 0.3) is 0 Å². The van der Waals surface area contributed by atoms with Gasteiger partial charge >= 0.3 is 0 Å². The summed E-state index contributed by atoms with van der Waals surface area (Å²) < 4.78 is 0. The zero-order valence-electron chi connectivity index (χ0n) is 8.28. The Balaban J connectivity index is 3.87. The predicted molar refractivity (Wildman–Crippen MR) is 53.2 cm³/mol. The summed E-state index contributed by atoms with van der Waals surface area (Å²) in [6, 6.07) is 0. The Hall–Kier alpha value is 0.290. The minimum absolute atomic E-state index is 0.379. The van der Waals surface area contributed by atoms with E-state index >= 15 is 0 Å². The zero-order chi connectivity index (χ0) is 8.91. The molecule has 1 unspecified atom stereocenters. The van der Waals surface area contributed by atoms with Crippen LogP contribution in [0.15, 0.2) is 0 Å². The highest BCUT2D eigenvalue weighted by Gasteiger charge is 2.22. The maximum absolute atomic E-state index is 5.93. The molecule has 0 spiro atoms. The van der Waals surface area contributed by atoms with Gasteiger partial charge in [0.2, 0.25) is 0 Å². The number of halogens is 1. The van der Waals surface area contributed by atoms with Gasteiger partial charge in [0.15, 0.2) is 0 Å². The van der Waals surface area contributed by atoms with Crippen LogP contribution in [0.5, 0.6) is 0 Å². The molecule has 0 radical (unpaired) electrons. The Morgan fingerprint density at radius 1 is 1.36 bits per heavy atom. The molecule has 1 heteroatoms. The molecule has 0 saturated carbocycles. The van der Waals surface area contributed by atoms with E-state index in [1.807, 2.05) is 0 Å². The standard InChI is InChI=1S/C10H21Cl/c1-5-6-10(4,8-11)7-9(2)3/h9H,5-8H2,1-4H3. The molecule has 11 heavy (non-hydrogen) atoms. The minimum atomic E-state index is 0.379. The van der Waals surface area contributed by atoms with Crippen LogP contribution in [-0.2, 0) is 0 Å². The fraction of sp³-hybridized carbons (Fsp3) is 1.00. The van der Waals surface area contributed by atoms with Gasteiger partial charge in [-0.25, -0.2) is 0 Å². The Kier molecular flexibility index (Phi) is 5.16. The molecule has 68 valence electrons. The van der Waals surface area contributed by atoms with E-state index in [2.05, 4.69) is 27.7 Å². The van der Waals surface area contributed by atoms with Gasteiger partial charge in [0, 0.05) is 5.88 Å². The molecular formula is C10H21Cl. The molecule has 1 atom stereocenters. The Morgan fingerprint density at radius 3 is 2.18 bits per heavy atom. The van der Waals surface area contributed by atoms with E-state index in [0.717, 1.165) is 11.8 Å². The predicted octanol–water partition coefficient (Wildman–Crippen LogP) is 4.08. The summed E-state index contributed by atoms with van der Waals surface area (Å²) in [4.78, 5) is 0. The largest absolute Gasteiger partial charge is 0.126 e. The van der Waals surface area contributed by atoms with Gasteiger partial charge < -0.3 is 0 Å². The first-order chi connectivity index (χ1) is 5.04. The molecule has 0 aromatic carbocycles. The summed E-state index contributed by atoms with van der Waals surface area (Å²) in [6.45, 7) is 9.05. The molecule has 0 fully saturated rings. The Labute approximate surface area is 76.3 Å². The highest BCUT2D eigenvalue weighted by molar-refractivity contribution is 6.18. The molecule has 0 saturated heterocycles. The Morgan fingerprint density at radius 2 is 1.91 bits per heavy atom. The minimum Gasteiger partial charge on any atom is -0.126 e. The van der Waals surface area contributed by atoms with E-state index in [4.69, 9.17) is 11.6 Å². The van der Waals surface area contributed by atoms with Gasteiger partial charge in [0.05, 0.1) is 0 Å². The van der Waals surface area contributed by atoms with Crippen LogP contribution in [0, 0.1) is 11.3 Å². The highest BCUT2D eigenvalue weighted by Crippen LogP contribution is 2.32. The van der Waals surface area contributed by atoms with Gasteiger partial charge in [-0.2, -0.15) is 0 Å². The topological polar surface area (TPSA) is 0 Å². The molecule has 0 aromatic rings. The molecule has 0 N–H and O–H groups in total. The van der Waals surface area contributed by atoms with Gasteiger partial charge in [-0.15, -0.1) is 11.6 Å². The zero-order valence-corrected chi connectivity index (χ0v) is 9.04. The number of hydrogen-bond donors (Lipinski definition) is 0. The SMILES string of the molecule is CCCC(C)(CCl)CC(C)C. The fourth-order valence-electron chi connectivity index (χ4n) is 1.81. The number of rotatable bonds is 5. The normalized spacial score (nSPS) is 16.9. The van der Waals surface area contributed by atoms with Crippen LogP contribution >= 0.6 is 11.6 Å². The third-order valence-corrected chi connectivity index (χ3v) is 2.72. The van der Waals surface area contributed by atoms with E-state index in [9.17, 15) is 0 Å². The van der Waals surface area contributed by atoms with E-state index in [-0.39, 0.29) is 0 Å². The second-order valence-electron chi connectivity index (χ2n) is 4.29. The third kappa shape index (κ3) is 4.68. The lowest BCUT2D eigenvalue weighted by Gasteiger charge is -2.28. The summed E-state index contributed by atoms with van der Waals surface area (Å²) in [6.07, 6.45) is 3.76. The third-order valence-electron chi connectivity index (χ3n) is 2.08. The summed E-state index contributed by atoms with van der Waals surface area (Å²) >= 11 is 5.93. The first-order valence-electron chi connectivity index (χ1n) is 4.60. The molecule has 0 aromatic heterocycles. The molecule has 0 nitrogen and oxygen atoms in total. The van der Waals surface area contributed by atoms with Gasteiger partial charge in [0.1, 0.15) is 0 Å². The van der Waals surface area contributed by atoms with Crippen LogP contribution in [0.2, 0.25) is 0 Å². The quantitative estimate of drug-likeness (QED) is 0.554. The lowest BCUT2D eigenvalue weighted by Crippen LogP contribution is -2.20.